The number of nitrogens with one attached hydrogen (secondary N) is 1. The van der Waals surface area contributed by atoms with Crippen molar-refractivity contribution in [2.24, 2.45) is 0 Å². The molecule has 1 saturated carbocycles. The number of carbonyl (C=O) groups is 1. The topological polar surface area (TPSA) is 32.3 Å². The number of carbonyl (C=O) groups excluding carboxylic acids is 1. The number of amides is 1. The van der Waals surface area contributed by atoms with Crippen molar-refractivity contribution in [3.05, 3.63) is 41.5 Å². The molecule has 3 heteroatoms. The molecule has 3 rings (SSSR count). The maximum Gasteiger partial charge on any atom is 0.244 e. The Kier molecular flexibility index (Phi) is 5.16. The minimum atomic E-state index is 0.0304. The Hall–Kier alpha value is -1.61. The average Bonchev–Trinajstić information content (AvgIpc) is 3.39. The van der Waals surface area contributed by atoms with Crippen LogP contribution in [0.1, 0.15) is 56.6 Å². The highest BCUT2D eigenvalue weighted by molar-refractivity contribution is 5.91. The number of benzene rings is 1. The van der Waals surface area contributed by atoms with E-state index in [2.05, 4.69) is 48.3 Å². The normalized spacial score (nSPS) is 20.3. The van der Waals surface area contributed by atoms with Crippen molar-refractivity contribution in [3.63, 3.8) is 0 Å². The monoisotopic (exact) mass is 312 g/mol. The van der Waals surface area contributed by atoms with E-state index in [9.17, 15) is 4.79 Å². The summed E-state index contributed by atoms with van der Waals surface area (Å²) in [5, 5.41) is 3.15. The molecule has 124 valence electrons. The molecule has 0 aromatic heterocycles. The SMILES string of the molecule is CC(C)c1ccc(C=CC(=O)NC2CCN(C3CC3)CC2)cc1. The van der Waals surface area contributed by atoms with Crippen LogP contribution < -0.4 is 5.32 Å². The number of rotatable bonds is 5. The summed E-state index contributed by atoms with van der Waals surface area (Å²) < 4.78 is 0. The highest BCUT2D eigenvalue weighted by Gasteiger charge is 2.31. The first kappa shape index (κ1) is 16.3. The van der Waals surface area contributed by atoms with Gasteiger partial charge in [0.05, 0.1) is 0 Å². The van der Waals surface area contributed by atoms with Crippen LogP contribution in [0.5, 0.6) is 0 Å². The standard InChI is InChI=1S/C20H28N2O/c1-15(2)17-6-3-16(4-7-17)5-10-20(23)21-18-11-13-22(14-12-18)19-8-9-19/h3-7,10,15,18-19H,8-9,11-14H2,1-2H3,(H,21,23). The third-order valence-corrected chi connectivity index (χ3v) is 4.97. The predicted octanol–water partition coefficient (Wildman–Crippen LogP) is 3.57. The van der Waals surface area contributed by atoms with Gasteiger partial charge in [-0.2, -0.15) is 0 Å². The van der Waals surface area contributed by atoms with Crippen LogP contribution >= 0.6 is 0 Å². The second kappa shape index (κ2) is 7.31. The quantitative estimate of drug-likeness (QED) is 0.843. The molecule has 0 atom stereocenters. The zero-order valence-corrected chi connectivity index (χ0v) is 14.3. The van der Waals surface area contributed by atoms with E-state index in [1.54, 1.807) is 6.08 Å². The van der Waals surface area contributed by atoms with Gasteiger partial charge in [-0.05, 0) is 48.8 Å². The first-order valence-corrected chi connectivity index (χ1v) is 8.94. The summed E-state index contributed by atoms with van der Waals surface area (Å²) in [6.45, 7) is 6.64. The summed E-state index contributed by atoms with van der Waals surface area (Å²) in [6, 6.07) is 9.61. The molecular formula is C20H28N2O. The van der Waals surface area contributed by atoms with Gasteiger partial charge in [0, 0.05) is 31.2 Å². The first-order valence-electron chi connectivity index (χ1n) is 8.94. The molecule has 1 amide bonds. The maximum atomic E-state index is 12.1. The molecule has 0 radical (unpaired) electrons. The first-order chi connectivity index (χ1) is 11.1. The molecule has 1 aromatic carbocycles. The maximum absolute atomic E-state index is 12.1. The zero-order chi connectivity index (χ0) is 16.2. The number of nitrogens with zero attached hydrogens (tertiary/aromatic N) is 1. The lowest BCUT2D eigenvalue weighted by Gasteiger charge is -2.32. The number of hydrogen-bond acceptors (Lipinski definition) is 2. The lowest BCUT2D eigenvalue weighted by Crippen LogP contribution is -2.44. The number of hydrogen-bond donors (Lipinski definition) is 1. The number of likely N-dealkylation sites (tertiary alicyclic amines) is 1. The highest BCUT2D eigenvalue weighted by Crippen LogP contribution is 2.29. The van der Waals surface area contributed by atoms with Gasteiger partial charge in [0.15, 0.2) is 0 Å². The smallest absolute Gasteiger partial charge is 0.244 e. The van der Waals surface area contributed by atoms with Crippen molar-refractivity contribution in [2.45, 2.75) is 57.5 Å². The fraction of sp³-hybridized carbons (Fsp3) is 0.550. The van der Waals surface area contributed by atoms with E-state index in [-0.39, 0.29) is 5.91 Å². The van der Waals surface area contributed by atoms with Crippen LogP contribution in [-0.2, 0) is 4.79 Å². The van der Waals surface area contributed by atoms with Crippen molar-refractivity contribution >= 4 is 12.0 Å². The number of piperidine rings is 1. The van der Waals surface area contributed by atoms with Crippen LogP contribution in [0.15, 0.2) is 30.3 Å². The second-order valence-corrected chi connectivity index (χ2v) is 7.20. The molecular weight excluding hydrogens is 284 g/mol. The predicted molar refractivity (Wildman–Crippen MR) is 95.3 cm³/mol. The van der Waals surface area contributed by atoms with E-state index in [0.717, 1.165) is 37.5 Å². The van der Waals surface area contributed by atoms with E-state index < -0.39 is 0 Å². The van der Waals surface area contributed by atoms with Crippen molar-refractivity contribution in [1.29, 1.82) is 0 Å². The summed E-state index contributed by atoms with van der Waals surface area (Å²) in [4.78, 5) is 14.7. The van der Waals surface area contributed by atoms with E-state index in [4.69, 9.17) is 0 Å². The molecule has 1 saturated heterocycles. The zero-order valence-electron chi connectivity index (χ0n) is 14.3. The molecule has 23 heavy (non-hydrogen) atoms. The Morgan fingerprint density at radius 2 is 1.78 bits per heavy atom. The largest absolute Gasteiger partial charge is 0.350 e. The Morgan fingerprint density at radius 3 is 2.35 bits per heavy atom. The Labute approximate surface area is 139 Å². The summed E-state index contributed by atoms with van der Waals surface area (Å²) in [7, 11) is 0. The highest BCUT2D eigenvalue weighted by atomic mass is 16.1. The minimum absolute atomic E-state index is 0.0304. The summed E-state index contributed by atoms with van der Waals surface area (Å²) in [5.41, 5.74) is 2.40. The van der Waals surface area contributed by atoms with Gasteiger partial charge in [-0.15, -0.1) is 0 Å². The van der Waals surface area contributed by atoms with Crippen LogP contribution in [0.3, 0.4) is 0 Å². The molecule has 1 aliphatic heterocycles. The fourth-order valence-electron chi connectivity index (χ4n) is 3.26. The van der Waals surface area contributed by atoms with Crippen LogP contribution in [0.4, 0.5) is 0 Å². The van der Waals surface area contributed by atoms with Gasteiger partial charge in [-0.1, -0.05) is 38.1 Å². The van der Waals surface area contributed by atoms with Crippen LogP contribution in [0.25, 0.3) is 6.08 Å². The summed E-state index contributed by atoms with van der Waals surface area (Å²) >= 11 is 0. The Morgan fingerprint density at radius 1 is 1.13 bits per heavy atom. The van der Waals surface area contributed by atoms with Gasteiger partial charge in [-0.25, -0.2) is 0 Å². The summed E-state index contributed by atoms with van der Waals surface area (Å²) in [6.07, 6.45) is 8.47. The van der Waals surface area contributed by atoms with Gasteiger partial charge in [-0.3, -0.25) is 4.79 Å². The summed E-state index contributed by atoms with van der Waals surface area (Å²) in [5.74, 6) is 0.570. The van der Waals surface area contributed by atoms with Crippen molar-refractivity contribution in [2.75, 3.05) is 13.1 Å². The van der Waals surface area contributed by atoms with Crippen molar-refractivity contribution < 1.29 is 4.79 Å². The van der Waals surface area contributed by atoms with Crippen LogP contribution in [0.2, 0.25) is 0 Å². The van der Waals surface area contributed by atoms with Crippen molar-refractivity contribution in [1.82, 2.24) is 10.2 Å². The molecule has 0 bridgehead atoms. The average molecular weight is 312 g/mol. The molecule has 0 unspecified atom stereocenters. The molecule has 2 fully saturated rings. The van der Waals surface area contributed by atoms with Gasteiger partial charge >= 0.3 is 0 Å². The lowest BCUT2D eigenvalue weighted by atomic mass is 10.0. The Bertz CT molecular complexity index is 550. The van der Waals surface area contributed by atoms with Gasteiger partial charge in [0.2, 0.25) is 5.91 Å². The van der Waals surface area contributed by atoms with E-state index in [1.165, 1.54) is 18.4 Å². The molecule has 3 nitrogen and oxygen atoms in total. The molecule has 1 heterocycles. The Balaban J connectivity index is 1.45. The molecule has 2 aliphatic rings. The van der Waals surface area contributed by atoms with Gasteiger partial charge < -0.3 is 10.2 Å². The molecule has 1 aliphatic carbocycles. The van der Waals surface area contributed by atoms with E-state index in [1.807, 2.05) is 6.08 Å². The van der Waals surface area contributed by atoms with Crippen molar-refractivity contribution in [3.8, 4) is 0 Å². The van der Waals surface area contributed by atoms with Crippen LogP contribution in [0, 0.1) is 0 Å². The second-order valence-electron chi connectivity index (χ2n) is 7.20. The van der Waals surface area contributed by atoms with Gasteiger partial charge in [0.1, 0.15) is 0 Å². The van der Waals surface area contributed by atoms with Crippen LogP contribution in [-0.4, -0.2) is 36.0 Å². The minimum Gasteiger partial charge on any atom is -0.350 e. The van der Waals surface area contributed by atoms with Gasteiger partial charge in [0.25, 0.3) is 0 Å². The molecule has 0 spiro atoms. The third kappa shape index (κ3) is 4.68. The fourth-order valence-corrected chi connectivity index (χ4v) is 3.26. The van der Waals surface area contributed by atoms with E-state index >= 15 is 0 Å². The molecule has 1 aromatic rings. The third-order valence-electron chi connectivity index (χ3n) is 4.97. The lowest BCUT2D eigenvalue weighted by molar-refractivity contribution is -0.117. The molecule has 1 N–H and O–H groups in total. The van der Waals surface area contributed by atoms with E-state index in [0.29, 0.717) is 12.0 Å².